The van der Waals surface area contributed by atoms with Crippen molar-refractivity contribution < 1.29 is 0 Å². The minimum absolute atomic E-state index is 0.370. The molecule has 0 aliphatic carbocycles. The molecule has 0 amide bonds. The second kappa shape index (κ2) is 4.58. The van der Waals surface area contributed by atoms with E-state index in [-0.39, 0.29) is 0 Å². The van der Waals surface area contributed by atoms with Gasteiger partial charge in [-0.05, 0) is 33.5 Å². The Labute approximate surface area is 92.7 Å². The Hall–Kier alpha value is 0.140. The van der Waals surface area contributed by atoms with E-state index in [1.54, 1.807) is 11.3 Å². The van der Waals surface area contributed by atoms with Crippen molar-refractivity contribution >= 4 is 27.3 Å². The van der Waals surface area contributed by atoms with Gasteiger partial charge in [0.1, 0.15) is 0 Å². The zero-order valence-electron chi connectivity index (χ0n) is 8.36. The Morgan fingerprint density at radius 2 is 2.08 bits per heavy atom. The molecule has 0 aromatic carbocycles. The highest BCUT2D eigenvalue weighted by Gasteiger charge is 2.08. The molecule has 0 radical (unpaired) electrons. The Kier molecular flexibility index (Phi) is 3.95. The van der Waals surface area contributed by atoms with E-state index in [0.717, 1.165) is 13.1 Å². The average molecular weight is 262 g/mol. The summed E-state index contributed by atoms with van der Waals surface area (Å²) in [6.07, 6.45) is 0. The molecule has 74 valence electrons. The van der Waals surface area contributed by atoms with Crippen molar-refractivity contribution in [3.63, 3.8) is 0 Å². The Bertz CT molecular complexity index is 262. The molecule has 0 spiro atoms. The molecule has 1 nitrogen and oxygen atoms in total. The summed E-state index contributed by atoms with van der Waals surface area (Å²) in [5.74, 6) is 0. The molecule has 1 N–H and O–H groups in total. The molecule has 0 saturated carbocycles. The van der Waals surface area contributed by atoms with Crippen LogP contribution in [0.25, 0.3) is 0 Å². The first-order chi connectivity index (χ1) is 5.97. The molecule has 1 heterocycles. The highest BCUT2D eigenvalue weighted by atomic mass is 79.9. The molecule has 1 rings (SSSR count). The first-order valence-corrected chi connectivity index (χ1v) is 6.03. The number of hydrogen-bond acceptors (Lipinski definition) is 2. The summed E-state index contributed by atoms with van der Waals surface area (Å²) in [6.45, 7) is 8.76. The van der Waals surface area contributed by atoms with Crippen molar-refractivity contribution in [1.82, 2.24) is 5.32 Å². The van der Waals surface area contributed by atoms with Crippen LogP contribution in [0.5, 0.6) is 0 Å². The van der Waals surface area contributed by atoms with Crippen molar-refractivity contribution in [2.75, 3.05) is 6.54 Å². The van der Waals surface area contributed by atoms with E-state index >= 15 is 0 Å². The van der Waals surface area contributed by atoms with Crippen molar-refractivity contribution in [2.24, 2.45) is 5.41 Å². The van der Waals surface area contributed by atoms with Gasteiger partial charge < -0.3 is 5.32 Å². The van der Waals surface area contributed by atoms with Crippen LogP contribution in [0.15, 0.2) is 15.9 Å². The molecule has 0 atom stereocenters. The summed E-state index contributed by atoms with van der Waals surface area (Å²) in [6, 6.07) is 4.25. The van der Waals surface area contributed by atoms with E-state index in [1.807, 2.05) is 0 Å². The van der Waals surface area contributed by atoms with Crippen LogP contribution in [0.2, 0.25) is 0 Å². The van der Waals surface area contributed by atoms with Crippen LogP contribution in [0.1, 0.15) is 25.6 Å². The highest BCUT2D eigenvalue weighted by Crippen LogP contribution is 2.22. The standard InChI is InChI=1S/C10H16BrNS/c1-10(2,3)7-12-6-8-4-5-9(11)13-8/h4-5,12H,6-7H2,1-3H3. The minimum atomic E-state index is 0.370. The Morgan fingerprint density at radius 3 is 2.54 bits per heavy atom. The molecule has 1 aromatic heterocycles. The third kappa shape index (κ3) is 4.79. The predicted molar refractivity (Wildman–Crippen MR) is 63.2 cm³/mol. The van der Waals surface area contributed by atoms with Gasteiger partial charge in [0.2, 0.25) is 0 Å². The minimum Gasteiger partial charge on any atom is -0.311 e. The van der Waals surface area contributed by atoms with E-state index in [9.17, 15) is 0 Å². The Morgan fingerprint density at radius 1 is 1.38 bits per heavy atom. The van der Waals surface area contributed by atoms with E-state index < -0.39 is 0 Å². The van der Waals surface area contributed by atoms with Gasteiger partial charge in [-0.25, -0.2) is 0 Å². The fraction of sp³-hybridized carbons (Fsp3) is 0.600. The smallest absolute Gasteiger partial charge is 0.0701 e. The van der Waals surface area contributed by atoms with Gasteiger partial charge in [0.15, 0.2) is 0 Å². The van der Waals surface area contributed by atoms with Crippen molar-refractivity contribution in [3.05, 3.63) is 20.8 Å². The number of thiophene rings is 1. The van der Waals surface area contributed by atoms with Gasteiger partial charge >= 0.3 is 0 Å². The molecule has 0 unspecified atom stereocenters. The van der Waals surface area contributed by atoms with Gasteiger partial charge in [-0.15, -0.1) is 11.3 Å². The second-order valence-electron chi connectivity index (χ2n) is 4.37. The average Bonchev–Trinajstić information content (AvgIpc) is 2.33. The molecule has 0 bridgehead atoms. The lowest BCUT2D eigenvalue weighted by Gasteiger charge is -2.18. The van der Waals surface area contributed by atoms with Crippen molar-refractivity contribution in [2.45, 2.75) is 27.3 Å². The van der Waals surface area contributed by atoms with Crippen LogP contribution in [0.4, 0.5) is 0 Å². The van der Waals surface area contributed by atoms with Gasteiger partial charge in [0, 0.05) is 18.0 Å². The lowest BCUT2D eigenvalue weighted by Crippen LogP contribution is -2.25. The normalized spacial score (nSPS) is 12.0. The summed E-state index contributed by atoms with van der Waals surface area (Å²) in [5, 5.41) is 3.44. The van der Waals surface area contributed by atoms with Crippen LogP contribution in [-0.2, 0) is 6.54 Å². The SMILES string of the molecule is CC(C)(C)CNCc1ccc(Br)s1. The molecule has 3 heteroatoms. The van der Waals surface area contributed by atoms with E-state index in [0.29, 0.717) is 5.41 Å². The molecule has 0 saturated heterocycles. The molecule has 1 aromatic rings. The number of hydrogen-bond donors (Lipinski definition) is 1. The van der Waals surface area contributed by atoms with Gasteiger partial charge in [0.05, 0.1) is 3.79 Å². The van der Waals surface area contributed by atoms with Crippen molar-refractivity contribution in [3.8, 4) is 0 Å². The maximum atomic E-state index is 3.45. The lowest BCUT2D eigenvalue weighted by atomic mass is 9.97. The molecule has 0 aliphatic rings. The van der Waals surface area contributed by atoms with Crippen LogP contribution < -0.4 is 5.32 Å². The third-order valence-corrected chi connectivity index (χ3v) is 3.21. The second-order valence-corrected chi connectivity index (χ2v) is 6.92. The fourth-order valence-electron chi connectivity index (χ4n) is 1.01. The van der Waals surface area contributed by atoms with Gasteiger partial charge in [-0.1, -0.05) is 20.8 Å². The quantitative estimate of drug-likeness (QED) is 0.876. The molecular weight excluding hydrogens is 246 g/mol. The van der Waals surface area contributed by atoms with Gasteiger partial charge in [-0.3, -0.25) is 0 Å². The maximum absolute atomic E-state index is 3.45. The van der Waals surface area contributed by atoms with Crippen LogP contribution >= 0.6 is 27.3 Å². The number of halogens is 1. The van der Waals surface area contributed by atoms with E-state index in [4.69, 9.17) is 0 Å². The van der Waals surface area contributed by atoms with Crippen LogP contribution in [0, 0.1) is 5.41 Å². The van der Waals surface area contributed by atoms with Crippen LogP contribution in [-0.4, -0.2) is 6.54 Å². The topological polar surface area (TPSA) is 12.0 Å². The summed E-state index contributed by atoms with van der Waals surface area (Å²) in [5.41, 5.74) is 0.370. The van der Waals surface area contributed by atoms with E-state index in [2.05, 4.69) is 54.2 Å². The highest BCUT2D eigenvalue weighted by molar-refractivity contribution is 9.11. The third-order valence-electron chi connectivity index (χ3n) is 1.58. The molecule has 0 aliphatic heterocycles. The monoisotopic (exact) mass is 261 g/mol. The number of nitrogens with one attached hydrogen (secondary N) is 1. The summed E-state index contributed by atoms with van der Waals surface area (Å²) >= 11 is 5.25. The zero-order chi connectivity index (χ0) is 9.90. The first-order valence-electron chi connectivity index (χ1n) is 4.42. The Balaban J connectivity index is 2.28. The summed E-state index contributed by atoms with van der Waals surface area (Å²) in [7, 11) is 0. The van der Waals surface area contributed by atoms with Gasteiger partial charge in [0.25, 0.3) is 0 Å². The summed E-state index contributed by atoms with van der Waals surface area (Å²) < 4.78 is 1.21. The summed E-state index contributed by atoms with van der Waals surface area (Å²) in [4.78, 5) is 1.39. The molecule has 0 fully saturated rings. The van der Waals surface area contributed by atoms with Crippen molar-refractivity contribution in [1.29, 1.82) is 0 Å². The van der Waals surface area contributed by atoms with Crippen LogP contribution in [0.3, 0.4) is 0 Å². The lowest BCUT2D eigenvalue weighted by molar-refractivity contribution is 0.380. The molecule has 13 heavy (non-hydrogen) atoms. The number of rotatable bonds is 3. The zero-order valence-corrected chi connectivity index (χ0v) is 10.8. The predicted octanol–water partition coefficient (Wildman–Crippen LogP) is 3.65. The maximum Gasteiger partial charge on any atom is 0.0701 e. The largest absolute Gasteiger partial charge is 0.311 e. The van der Waals surface area contributed by atoms with Gasteiger partial charge in [-0.2, -0.15) is 0 Å². The molecular formula is C10H16BrNS. The fourth-order valence-corrected chi connectivity index (χ4v) is 2.46. The first kappa shape index (κ1) is 11.2. The van der Waals surface area contributed by atoms with E-state index in [1.165, 1.54) is 8.66 Å².